The van der Waals surface area contributed by atoms with Gasteiger partial charge >= 0.3 is 15.2 Å². The molecule has 7 nitrogen and oxygen atoms in total. The number of aliphatic hydroxyl groups excluding tert-OH is 1. The summed E-state index contributed by atoms with van der Waals surface area (Å²) in [5.41, 5.74) is 0. The average molecular weight is 187 g/mol. The van der Waals surface area contributed by atoms with Gasteiger partial charge < -0.3 is 15.3 Å². The molecule has 0 spiro atoms. The molecule has 0 amide bonds. The zero-order valence-corrected chi connectivity index (χ0v) is 6.41. The first-order chi connectivity index (χ1) is 4.73. The molecule has 0 rings (SSSR count). The Labute approximate surface area is 63.0 Å². The molecule has 0 saturated heterocycles. The molecule has 0 radical (unpaired) electrons. The minimum atomic E-state index is -5.12. The van der Waals surface area contributed by atoms with Crippen molar-refractivity contribution in [3.05, 3.63) is 0 Å². The van der Waals surface area contributed by atoms with E-state index in [0.29, 0.717) is 0 Å². The predicted octanol–water partition coefficient (Wildman–Crippen LogP) is -2.95. The van der Waals surface area contributed by atoms with Gasteiger partial charge in [-0.15, -0.1) is 0 Å². The van der Waals surface area contributed by atoms with Crippen LogP contribution in [0.15, 0.2) is 0 Å². The summed E-state index contributed by atoms with van der Waals surface area (Å²) in [6.07, 6.45) is -2.17. The number of hydrogen-bond donors (Lipinski definition) is 5. The Kier molecular flexibility index (Phi) is 2.94. The molecule has 0 bridgehead atoms. The van der Waals surface area contributed by atoms with Crippen LogP contribution in [0.4, 0.5) is 0 Å². The van der Waals surface area contributed by atoms with Crippen LogP contribution in [-0.4, -0.2) is 46.7 Å². The van der Waals surface area contributed by atoms with E-state index in [4.69, 9.17) is 19.9 Å². The van der Waals surface area contributed by atoms with Crippen molar-refractivity contribution >= 4 is 10.1 Å². The summed E-state index contributed by atoms with van der Waals surface area (Å²) in [6, 6.07) is 0. The molecule has 1 unspecified atom stereocenters. The third kappa shape index (κ3) is 2.09. The van der Waals surface area contributed by atoms with Crippen molar-refractivity contribution < 1.29 is 28.3 Å². The fourth-order valence-electron chi connectivity index (χ4n) is 0.329. The maximum atomic E-state index is 10.1. The highest BCUT2D eigenvalue weighted by Gasteiger charge is 2.45. The van der Waals surface area contributed by atoms with Crippen molar-refractivity contribution in [3.63, 3.8) is 0 Å². The zero-order chi connectivity index (χ0) is 9.28. The van der Waals surface area contributed by atoms with E-state index in [1.165, 1.54) is 0 Å². The van der Waals surface area contributed by atoms with Crippen molar-refractivity contribution in [3.8, 4) is 0 Å². The highest BCUT2D eigenvalue weighted by atomic mass is 32.2. The predicted molar refractivity (Wildman–Crippen MR) is 33.8 cm³/mol. The van der Waals surface area contributed by atoms with E-state index in [2.05, 4.69) is 0 Å². The van der Waals surface area contributed by atoms with E-state index in [1.807, 2.05) is 5.32 Å². The van der Waals surface area contributed by atoms with Gasteiger partial charge in [0, 0.05) is 0 Å². The highest BCUT2D eigenvalue weighted by molar-refractivity contribution is 7.86. The minimum absolute atomic E-state index is 1.08. The lowest BCUT2D eigenvalue weighted by molar-refractivity contribution is -0.172. The van der Waals surface area contributed by atoms with Crippen molar-refractivity contribution in [1.29, 1.82) is 0 Å². The van der Waals surface area contributed by atoms with Gasteiger partial charge in [0.15, 0.2) is 6.23 Å². The molecule has 8 heteroatoms. The lowest BCUT2D eigenvalue weighted by Crippen LogP contribution is -2.54. The van der Waals surface area contributed by atoms with Gasteiger partial charge in [-0.05, 0) is 7.05 Å². The molecule has 11 heavy (non-hydrogen) atoms. The first-order valence-corrected chi connectivity index (χ1v) is 3.94. The molecule has 0 aliphatic heterocycles. The molecule has 68 valence electrons. The van der Waals surface area contributed by atoms with Crippen molar-refractivity contribution in [2.24, 2.45) is 0 Å². The van der Waals surface area contributed by atoms with Gasteiger partial charge in [0.2, 0.25) is 0 Å². The number of hydrogen-bond acceptors (Lipinski definition) is 6. The Morgan fingerprint density at radius 1 is 1.45 bits per heavy atom. The normalized spacial score (nSPS) is 16.5. The van der Waals surface area contributed by atoms with E-state index < -0.39 is 21.5 Å². The van der Waals surface area contributed by atoms with Crippen LogP contribution in [0.1, 0.15) is 0 Å². The summed E-state index contributed by atoms with van der Waals surface area (Å²) < 4.78 is 28.3. The van der Waals surface area contributed by atoms with Crippen LogP contribution < -0.4 is 5.32 Å². The Hall–Kier alpha value is -0.250. The summed E-state index contributed by atoms with van der Waals surface area (Å²) in [5, 5.41) is 23.9. The van der Waals surface area contributed by atoms with E-state index in [-0.39, 0.29) is 0 Å². The summed E-state index contributed by atoms with van der Waals surface area (Å²) >= 11 is 0. The smallest absolute Gasteiger partial charge is 0.335 e. The summed E-state index contributed by atoms with van der Waals surface area (Å²) in [5.74, 6) is 0. The van der Waals surface area contributed by atoms with Crippen LogP contribution >= 0.6 is 0 Å². The summed E-state index contributed by atoms with van der Waals surface area (Å²) in [7, 11) is -4.03. The van der Waals surface area contributed by atoms with E-state index in [9.17, 15) is 8.42 Å². The third-order valence-corrected chi connectivity index (χ3v) is 1.99. The van der Waals surface area contributed by atoms with Gasteiger partial charge in [0.25, 0.3) is 0 Å². The van der Waals surface area contributed by atoms with Gasteiger partial charge in [0.1, 0.15) is 0 Å². The maximum absolute atomic E-state index is 10.1. The maximum Gasteiger partial charge on any atom is 0.335 e. The lowest BCUT2D eigenvalue weighted by Gasteiger charge is -2.22. The SMILES string of the molecule is CNC(O)C(O)(O)S(=O)(=O)O. The Bertz CT molecular complexity index is 220. The third-order valence-electron chi connectivity index (χ3n) is 1.01. The van der Waals surface area contributed by atoms with Crippen LogP contribution in [0.5, 0.6) is 0 Å². The van der Waals surface area contributed by atoms with Crippen LogP contribution in [0, 0.1) is 0 Å². The lowest BCUT2D eigenvalue weighted by atomic mass is 10.5. The van der Waals surface area contributed by atoms with Crippen LogP contribution in [0.25, 0.3) is 0 Å². The van der Waals surface area contributed by atoms with E-state index in [0.717, 1.165) is 7.05 Å². The molecule has 0 heterocycles. The van der Waals surface area contributed by atoms with Gasteiger partial charge in [-0.1, -0.05) is 0 Å². The van der Waals surface area contributed by atoms with E-state index in [1.54, 1.807) is 0 Å². The molecule has 0 saturated carbocycles. The fourth-order valence-corrected chi connectivity index (χ4v) is 0.729. The van der Waals surface area contributed by atoms with Crippen molar-refractivity contribution in [2.45, 2.75) is 11.3 Å². The molecule has 0 aromatic rings. The van der Waals surface area contributed by atoms with Crippen LogP contribution in [-0.2, 0) is 10.1 Å². The molecule has 0 fully saturated rings. The van der Waals surface area contributed by atoms with Gasteiger partial charge in [-0.3, -0.25) is 9.87 Å². The summed E-state index contributed by atoms with van der Waals surface area (Å²) in [6.45, 7) is 0. The molecule has 0 aromatic carbocycles. The molecular weight excluding hydrogens is 178 g/mol. The monoisotopic (exact) mass is 187 g/mol. The minimum Gasteiger partial charge on any atom is -0.372 e. The number of nitrogens with one attached hydrogen (secondary N) is 1. The second-order valence-electron chi connectivity index (χ2n) is 1.82. The molecule has 0 aliphatic carbocycles. The Morgan fingerprint density at radius 3 is 1.91 bits per heavy atom. The first kappa shape index (κ1) is 10.8. The van der Waals surface area contributed by atoms with E-state index >= 15 is 0 Å². The topological polar surface area (TPSA) is 127 Å². The second kappa shape index (κ2) is 3.01. The second-order valence-corrected chi connectivity index (χ2v) is 3.38. The van der Waals surface area contributed by atoms with Gasteiger partial charge in [0.05, 0.1) is 0 Å². The average Bonchev–Trinajstić information content (AvgIpc) is 1.83. The van der Waals surface area contributed by atoms with Crippen molar-refractivity contribution in [1.82, 2.24) is 5.32 Å². The van der Waals surface area contributed by atoms with Crippen LogP contribution in [0.2, 0.25) is 0 Å². The molecule has 1 atom stereocenters. The summed E-state index contributed by atoms with van der Waals surface area (Å²) in [4.78, 5) is 0. The largest absolute Gasteiger partial charge is 0.372 e. The Balaban J connectivity index is 4.74. The molecule has 0 aromatic heterocycles. The van der Waals surface area contributed by atoms with Gasteiger partial charge in [-0.25, -0.2) is 0 Å². The number of rotatable bonds is 3. The molecule has 0 aliphatic rings. The number of aliphatic hydroxyl groups is 3. The Morgan fingerprint density at radius 2 is 1.82 bits per heavy atom. The van der Waals surface area contributed by atoms with Crippen molar-refractivity contribution in [2.75, 3.05) is 7.05 Å². The standard InChI is InChI=1S/C3H9NO6S/c1-4-2(5)3(6,7)11(8,9)10/h2,4-7H,1H3,(H,8,9,10). The molecular formula is C3H9NO6S. The molecule has 5 N–H and O–H groups in total. The number of likely N-dealkylation sites (N-methyl/N-ethyl adjacent to an activating group) is 1. The van der Waals surface area contributed by atoms with Crippen LogP contribution in [0.3, 0.4) is 0 Å². The zero-order valence-electron chi connectivity index (χ0n) is 5.59. The highest BCUT2D eigenvalue weighted by Crippen LogP contribution is 2.10. The quantitative estimate of drug-likeness (QED) is 0.236. The fraction of sp³-hybridized carbons (Fsp3) is 1.00. The first-order valence-electron chi connectivity index (χ1n) is 2.50. The van der Waals surface area contributed by atoms with Gasteiger partial charge in [-0.2, -0.15) is 8.42 Å².